The number of nitrogens with two attached hydrogens (primary N) is 1. The van der Waals surface area contributed by atoms with Crippen molar-refractivity contribution >= 4 is 33.0 Å². The summed E-state index contributed by atoms with van der Waals surface area (Å²) in [6, 6.07) is 25.6. The highest BCUT2D eigenvalue weighted by Gasteiger charge is 2.31. The first kappa shape index (κ1) is 23.0. The Bertz CT molecular complexity index is 1770. The van der Waals surface area contributed by atoms with Crippen LogP contribution in [0.3, 0.4) is 0 Å². The second kappa shape index (κ2) is 8.87. The molecule has 2 heterocycles. The summed E-state index contributed by atoms with van der Waals surface area (Å²) in [5.74, 6) is 7.13. The number of para-hydroxylation sites is 2. The number of hydrogen-bond donors (Lipinski definition) is 1. The average molecular weight is 479 g/mol. The Labute approximate surface area is 218 Å². The highest BCUT2D eigenvalue weighted by Crippen LogP contribution is 2.48. The number of allylic oxidation sites excluding steroid dienone is 7. The molecule has 2 N–H and O–H groups in total. The summed E-state index contributed by atoms with van der Waals surface area (Å²) in [4.78, 5) is 0. The molecule has 0 amide bonds. The van der Waals surface area contributed by atoms with Crippen LogP contribution in [0.4, 0.5) is 0 Å². The zero-order chi connectivity index (χ0) is 25.7. The standard InChI is InChI=1S/C35H30N2/c1-22-17-18-27(26-11-6-5-7-12-26)24(3)20-32(36)25(4)19-31-30-15-10-14-29-28-13-8-9-16-33(28)37(35(29)30)34(31)21-23(22)2/h5-16,19-22,34H,4,36H2,1-3H3/b23-21-,27-24+,31-19-,32-20?. The van der Waals surface area contributed by atoms with E-state index >= 15 is 0 Å². The van der Waals surface area contributed by atoms with Gasteiger partial charge in [-0.25, -0.2) is 0 Å². The topological polar surface area (TPSA) is 30.9 Å². The van der Waals surface area contributed by atoms with Crippen molar-refractivity contribution in [1.29, 1.82) is 0 Å². The smallest absolute Gasteiger partial charge is 0.0785 e. The number of fused-ring (bicyclic) bond motifs is 6. The maximum absolute atomic E-state index is 6.65. The van der Waals surface area contributed by atoms with E-state index in [0.717, 1.165) is 22.3 Å². The van der Waals surface area contributed by atoms with E-state index in [1.807, 2.05) is 24.3 Å². The Kier molecular flexibility index (Phi) is 5.50. The van der Waals surface area contributed by atoms with Crippen LogP contribution < -0.4 is 5.73 Å². The van der Waals surface area contributed by atoms with E-state index in [9.17, 15) is 0 Å². The Morgan fingerprint density at radius 1 is 0.865 bits per heavy atom. The Hall–Kier alpha value is -4.48. The van der Waals surface area contributed by atoms with Gasteiger partial charge < -0.3 is 10.3 Å². The van der Waals surface area contributed by atoms with Crippen LogP contribution in [0.2, 0.25) is 0 Å². The third-order valence-corrected chi connectivity index (χ3v) is 7.69. The summed E-state index contributed by atoms with van der Waals surface area (Å²) < 4.78 is 2.47. The summed E-state index contributed by atoms with van der Waals surface area (Å²) in [5.41, 5.74) is 17.4. The van der Waals surface area contributed by atoms with Gasteiger partial charge in [-0.15, -0.1) is 0 Å². The van der Waals surface area contributed by atoms with Crippen molar-refractivity contribution in [2.75, 3.05) is 0 Å². The molecule has 2 heteroatoms. The van der Waals surface area contributed by atoms with Crippen LogP contribution in [-0.4, -0.2) is 4.57 Å². The molecule has 0 spiro atoms. The molecule has 1 aliphatic heterocycles. The summed E-state index contributed by atoms with van der Waals surface area (Å²) in [6.07, 6.45) is 6.57. The van der Waals surface area contributed by atoms with Crippen molar-refractivity contribution in [3.63, 3.8) is 0 Å². The molecule has 2 atom stereocenters. The third kappa shape index (κ3) is 3.76. The van der Waals surface area contributed by atoms with Crippen LogP contribution >= 0.6 is 0 Å². The molecule has 1 aliphatic carbocycles. The fourth-order valence-electron chi connectivity index (χ4n) is 5.56. The molecule has 2 nitrogen and oxygen atoms in total. The van der Waals surface area contributed by atoms with Crippen LogP contribution in [0.1, 0.15) is 37.9 Å². The Morgan fingerprint density at radius 3 is 2.41 bits per heavy atom. The van der Waals surface area contributed by atoms with E-state index in [-0.39, 0.29) is 12.0 Å². The van der Waals surface area contributed by atoms with Gasteiger partial charge in [0, 0.05) is 39.0 Å². The third-order valence-electron chi connectivity index (χ3n) is 7.69. The molecule has 0 bridgehead atoms. The van der Waals surface area contributed by atoms with E-state index in [1.165, 1.54) is 38.5 Å². The van der Waals surface area contributed by atoms with Crippen LogP contribution in [0.15, 0.2) is 120 Å². The molecule has 4 aromatic rings. The van der Waals surface area contributed by atoms with Crippen LogP contribution in [-0.2, 0) is 0 Å². The van der Waals surface area contributed by atoms with Crippen molar-refractivity contribution in [3.05, 3.63) is 131 Å². The van der Waals surface area contributed by atoms with Gasteiger partial charge in [-0.2, -0.15) is 0 Å². The van der Waals surface area contributed by atoms with Gasteiger partial charge in [-0.05, 0) is 61.3 Å². The average Bonchev–Trinajstić information content (AvgIpc) is 3.40. The second-order valence-electron chi connectivity index (χ2n) is 10.1. The van der Waals surface area contributed by atoms with Crippen molar-refractivity contribution in [2.45, 2.75) is 26.8 Å². The predicted molar refractivity (Wildman–Crippen MR) is 158 cm³/mol. The van der Waals surface area contributed by atoms with E-state index in [2.05, 4.69) is 111 Å². The van der Waals surface area contributed by atoms with Gasteiger partial charge in [-0.3, -0.25) is 0 Å². The lowest BCUT2D eigenvalue weighted by Crippen LogP contribution is -2.06. The first-order valence-corrected chi connectivity index (χ1v) is 12.8. The van der Waals surface area contributed by atoms with E-state index in [4.69, 9.17) is 5.73 Å². The summed E-state index contributed by atoms with van der Waals surface area (Å²) in [7, 11) is 0. The lowest BCUT2D eigenvalue weighted by molar-refractivity contribution is 0.790. The van der Waals surface area contributed by atoms with E-state index in [1.54, 1.807) is 0 Å². The van der Waals surface area contributed by atoms with Crippen molar-refractivity contribution in [2.24, 2.45) is 11.7 Å². The molecule has 0 radical (unpaired) electrons. The molecule has 2 aliphatic rings. The molecule has 37 heavy (non-hydrogen) atoms. The van der Waals surface area contributed by atoms with E-state index < -0.39 is 0 Å². The minimum Gasteiger partial charge on any atom is -0.398 e. The summed E-state index contributed by atoms with van der Waals surface area (Å²) in [5, 5.41) is 2.56. The van der Waals surface area contributed by atoms with Crippen molar-refractivity contribution in [1.82, 2.24) is 4.57 Å². The number of hydrogen-bond acceptors (Lipinski definition) is 1. The van der Waals surface area contributed by atoms with Crippen molar-refractivity contribution < 1.29 is 0 Å². The Morgan fingerprint density at radius 2 is 1.59 bits per heavy atom. The molecule has 0 saturated carbocycles. The summed E-state index contributed by atoms with van der Waals surface area (Å²) in [6.45, 7) is 10.9. The monoisotopic (exact) mass is 478 g/mol. The largest absolute Gasteiger partial charge is 0.398 e. The maximum Gasteiger partial charge on any atom is 0.0785 e. The molecule has 1 aromatic heterocycles. The van der Waals surface area contributed by atoms with Gasteiger partial charge in [0.25, 0.3) is 0 Å². The first-order chi connectivity index (χ1) is 17.9. The van der Waals surface area contributed by atoms with Crippen LogP contribution in [0, 0.1) is 17.8 Å². The lowest BCUT2D eigenvalue weighted by atomic mass is 9.93. The quantitative estimate of drug-likeness (QED) is 0.217. The molecule has 0 saturated heterocycles. The molecular formula is C35H30N2. The van der Waals surface area contributed by atoms with Gasteiger partial charge in [0.15, 0.2) is 0 Å². The molecule has 3 aromatic carbocycles. The predicted octanol–water partition coefficient (Wildman–Crippen LogP) is 8.20. The molecule has 2 unspecified atom stereocenters. The SMILES string of the molecule is C=C1/C=C2/c3cccc4c5ccccc5n(c34)C2/C=C(/C)C(C)C#C/C(c2ccccc2)=C(/C)C=C1N. The second-order valence-corrected chi connectivity index (χ2v) is 10.1. The molecule has 6 rings (SSSR count). The number of rotatable bonds is 1. The molecule has 0 fully saturated rings. The van der Waals surface area contributed by atoms with Gasteiger partial charge in [0.05, 0.1) is 11.6 Å². The van der Waals surface area contributed by atoms with Crippen molar-refractivity contribution in [3.8, 4) is 11.8 Å². The number of aromatic nitrogens is 1. The lowest BCUT2D eigenvalue weighted by Gasteiger charge is -2.17. The number of benzene rings is 3. The normalized spacial score (nSPS) is 24.5. The Balaban J connectivity index is 1.61. The minimum atomic E-state index is 0.0389. The zero-order valence-electron chi connectivity index (χ0n) is 21.5. The van der Waals surface area contributed by atoms with Gasteiger partial charge in [0.2, 0.25) is 0 Å². The maximum atomic E-state index is 6.65. The first-order valence-electron chi connectivity index (χ1n) is 12.8. The van der Waals surface area contributed by atoms with Gasteiger partial charge >= 0.3 is 0 Å². The summed E-state index contributed by atoms with van der Waals surface area (Å²) >= 11 is 0. The highest BCUT2D eigenvalue weighted by atomic mass is 15.0. The highest BCUT2D eigenvalue weighted by molar-refractivity contribution is 6.14. The zero-order valence-corrected chi connectivity index (χ0v) is 21.5. The van der Waals surface area contributed by atoms with Gasteiger partial charge in [0.1, 0.15) is 0 Å². The fourth-order valence-corrected chi connectivity index (χ4v) is 5.56. The molecule has 180 valence electrons. The van der Waals surface area contributed by atoms with Crippen LogP contribution in [0.5, 0.6) is 0 Å². The van der Waals surface area contributed by atoms with Crippen LogP contribution in [0.25, 0.3) is 33.0 Å². The molecular weight excluding hydrogens is 448 g/mol. The van der Waals surface area contributed by atoms with E-state index in [0.29, 0.717) is 5.70 Å². The number of nitrogens with zero attached hydrogens (tertiary/aromatic N) is 1. The fraction of sp³-hybridized carbons (Fsp3) is 0.143. The van der Waals surface area contributed by atoms with Gasteiger partial charge in [-0.1, -0.05) is 96.8 Å². The minimum absolute atomic E-state index is 0.0389.